The van der Waals surface area contributed by atoms with Crippen LogP contribution in [0.25, 0.3) is 0 Å². The van der Waals surface area contributed by atoms with E-state index in [0.29, 0.717) is 0 Å². The van der Waals surface area contributed by atoms with E-state index >= 15 is 0 Å². The summed E-state index contributed by atoms with van der Waals surface area (Å²) >= 11 is 0. The van der Waals surface area contributed by atoms with Crippen LogP contribution in [0.1, 0.15) is 40.4 Å². The van der Waals surface area contributed by atoms with Crippen molar-refractivity contribution < 1.29 is 0 Å². The molecular formula is C7H16N4. The predicted molar refractivity (Wildman–Crippen MR) is 44.2 cm³/mol. The first kappa shape index (κ1) is 10.1. The number of aromatic amines is 1. The third-order valence-electron chi connectivity index (χ3n) is 1.02. The zero-order valence-electron chi connectivity index (χ0n) is 7.84. The van der Waals surface area contributed by atoms with Crippen molar-refractivity contribution in [3.05, 3.63) is 5.82 Å². The van der Waals surface area contributed by atoms with Crippen molar-refractivity contribution in [2.45, 2.75) is 40.0 Å². The minimum atomic E-state index is 0.00694. The Morgan fingerprint density at radius 2 is 1.73 bits per heavy atom. The van der Waals surface area contributed by atoms with Crippen LogP contribution in [0.5, 0.6) is 0 Å². The maximum Gasteiger partial charge on any atom is 0.179 e. The van der Waals surface area contributed by atoms with Crippen LogP contribution in [0.3, 0.4) is 0 Å². The van der Waals surface area contributed by atoms with Crippen LogP contribution in [-0.2, 0) is 5.41 Å². The maximum absolute atomic E-state index is 3.84. The molecule has 0 aliphatic rings. The number of hydrogen-bond donors (Lipinski definition) is 1. The highest BCUT2D eigenvalue weighted by molar-refractivity contribution is 4.95. The lowest BCUT2D eigenvalue weighted by molar-refractivity contribution is 0.546. The van der Waals surface area contributed by atoms with Gasteiger partial charge in [0.1, 0.15) is 0 Å². The van der Waals surface area contributed by atoms with Gasteiger partial charge in [0.05, 0.1) is 0 Å². The van der Waals surface area contributed by atoms with Gasteiger partial charge < -0.3 is 0 Å². The molecule has 0 saturated carbocycles. The molecule has 0 aromatic carbocycles. The van der Waals surface area contributed by atoms with Crippen LogP contribution >= 0.6 is 0 Å². The van der Waals surface area contributed by atoms with E-state index in [4.69, 9.17) is 0 Å². The molecule has 1 rings (SSSR count). The van der Waals surface area contributed by atoms with Gasteiger partial charge in [0.2, 0.25) is 0 Å². The van der Waals surface area contributed by atoms with E-state index in [-0.39, 0.29) is 5.41 Å². The van der Waals surface area contributed by atoms with Crippen molar-refractivity contribution in [2.75, 3.05) is 0 Å². The summed E-state index contributed by atoms with van der Waals surface area (Å²) in [6.07, 6.45) is 0. The Morgan fingerprint density at radius 3 is 1.91 bits per heavy atom. The molecule has 1 N–H and O–H groups in total. The lowest BCUT2D eigenvalue weighted by Crippen LogP contribution is -2.13. The first-order valence-electron chi connectivity index (χ1n) is 3.84. The number of hydrogen-bond acceptors (Lipinski definition) is 3. The molecule has 11 heavy (non-hydrogen) atoms. The van der Waals surface area contributed by atoms with Gasteiger partial charge in [0.25, 0.3) is 0 Å². The van der Waals surface area contributed by atoms with E-state index in [1.54, 1.807) is 0 Å². The average Bonchev–Trinajstić information content (AvgIpc) is 2.40. The smallest absolute Gasteiger partial charge is 0.177 e. The SMILES string of the molecule is CC.CC(C)(C)c1nn[nH]n1. The topological polar surface area (TPSA) is 54.5 Å². The largest absolute Gasteiger partial charge is 0.179 e. The lowest BCUT2D eigenvalue weighted by atomic mass is 9.96. The Morgan fingerprint density at radius 1 is 1.18 bits per heavy atom. The molecule has 0 amide bonds. The molecule has 64 valence electrons. The molecule has 4 heteroatoms. The Hall–Kier alpha value is -0.930. The second-order valence-electron chi connectivity index (χ2n) is 2.99. The fraction of sp³-hybridized carbons (Fsp3) is 0.857. The Kier molecular flexibility index (Phi) is 3.71. The average molecular weight is 156 g/mol. The fourth-order valence-corrected chi connectivity index (χ4v) is 0.480. The van der Waals surface area contributed by atoms with Gasteiger partial charge in [-0.25, -0.2) is 0 Å². The predicted octanol–water partition coefficient (Wildman–Crippen LogP) is 1.52. The molecule has 0 radical (unpaired) electrons. The molecule has 0 saturated heterocycles. The van der Waals surface area contributed by atoms with Crippen molar-refractivity contribution in [3.63, 3.8) is 0 Å². The van der Waals surface area contributed by atoms with Gasteiger partial charge in [-0.1, -0.05) is 39.8 Å². The second kappa shape index (κ2) is 4.05. The Labute approximate surface area is 67.4 Å². The van der Waals surface area contributed by atoms with Crippen molar-refractivity contribution in [1.29, 1.82) is 0 Å². The molecule has 0 aliphatic heterocycles. The summed E-state index contributed by atoms with van der Waals surface area (Å²) < 4.78 is 0. The summed E-state index contributed by atoms with van der Waals surface area (Å²) in [5, 5.41) is 13.5. The molecule has 1 heterocycles. The quantitative estimate of drug-likeness (QED) is 0.619. The molecule has 0 aliphatic carbocycles. The number of nitrogens with one attached hydrogen (secondary N) is 1. The normalized spacial score (nSPS) is 10.3. The van der Waals surface area contributed by atoms with Gasteiger partial charge >= 0.3 is 0 Å². The van der Waals surface area contributed by atoms with Gasteiger partial charge in [-0.3, -0.25) is 0 Å². The summed E-state index contributed by atoms with van der Waals surface area (Å²) in [6.45, 7) is 10.1. The number of rotatable bonds is 0. The zero-order chi connectivity index (χ0) is 8.91. The van der Waals surface area contributed by atoms with E-state index in [1.807, 2.05) is 34.6 Å². The van der Waals surface area contributed by atoms with Crippen molar-refractivity contribution in [1.82, 2.24) is 20.6 Å². The first-order valence-corrected chi connectivity index (χ1v) is 3.84. The maximum atomic E-state index is 3.84. The molecule has 0 atom stereocenters. The van der Waals surface area contributed by atoms with Crippen LogP contribution in [-0.4, -0.2) is 20.6 Å². The van der Waals surface area contributed by atoms with Crippen LogP contribution in [0.2, 0.25) is 0 Å². The third-order valence-corrected chi connectivity index (χ3v) is 1.02. The lowest BCUT2D eigenvalue weighted by Gasteiger charge is -2.10. The summed E-state index contributed by atoms with van der Waals surface area (Å²) in [5.74, 6) is 0.752. The highest BCUT2D eigenvalue weighted by atomic mass is 15.5. The monoisotopic (exact) mass is 156 g/mol. The highest BCUT2D eigenvalue weighted by Crippen LogP contribution is 2.14. The number of H-pyrrole nitrogens is 1. The van der Waals surface area contributed by atoms with Crippen LogP contribution in [0.15, 0.2) is 0 Å². The number of aromatic nitrogens is 4. The van der Waals surface area contributed by atoms with Gasteiger partial charge in [0, 0.05) is 5.41 Å². The summed E-state index contributed by atoms with van der Waals surface area (Å²) in [6, 6.07) is 0. The minimum Gasteiger partial charge on any atom is -0.177 e. The molecular weight excluding hydrogens is 140 g/mol. The van der Waals surface area contributed by atoms with Gasteiger partial charge in [-0.15, -0.1) is 10.2 Å². The molecule has 1 aromatic heterocycles. The van der Waals surface area contributed by atoms with E-state index in [2.05, 4.69) is 20.6 Å². The van der Waals surface area contributed by atoms with Crippen LogP contribution in [0, 0.1) is 0 Å². The van der Waals surface area contributed by atoms with E-state index < -0.39 is 0 Å². The zero-order valence-corrected chi connectivity index (χ0v) is 7.84. The highest BCUT2D eigenvalue weighted by Gasteiger charge is 2.17. The molecule has 0 fully saturated rings. The van der Waals surface area contributed by atoms with Crippen LogP contribution < -0.4 is 0 Å². The molecule has 0 bridgehead atoms. The molecule has 0 unspecified atom stereocenters. The second-order valence-corrected chi connectivity index (χ2v) is 2.99. The van der Waals surface area contributed by atoms with Crippen molar-refractivity contribution in [3.8, 4) is 0 Å². The number of nitrogens with zero attached hydrogens (tertiary/aromatic N) is 3. The number of tetrazole rings is 1. The first-order chi connectivity index (χ1) is 5.11. The fourth-order valence-electron chi connectivity index (χ4n) is 0.480. The Balaban J connectivity index is 0.000000461. The van der Waals surface area contributed by atoms with Gasteiger partial charge in [0.15, 0.2) is 5.82 Å². The summed E-state index contributed by atoms with van der Waals surface area (Å²) in [7, 11) is 0. The van der Waals surface area contributed by atoms with E-state index in [9.17, 15) is 0 Å². The van der Waals surface area contributed by atoms with E-state index in [0.717, 1.165) is 5.82 Å². The minimum absolute atomic E-state index is 0.00694. The van der Waals surface area contributed by atoms with Crippen molar-refractivity contribution >= 4 is 0 Å². The molecule has 1 aromatic rings. The van der Waals surface area contributed by atoms with Gasteiger partial charge in [-0.05, 0) is 0 Å². The van der Waals surface area contributed by atoms with Crippen molar-refractivity contribution in [2.24, 2.45) is 0 Å². The summed E-state index contributed by atoms with van der Waals surface area (Å²) in [4.78, 5) is 0. The summed E-state index contributed by atoms with van der Waals surface area (Å²) in [5.41, 5.74) is 0.00694. The third kappa shape index (κ3) is 3.11. The van der Waals surface area contributed by atoms with Crippen LogP contribution in [0.4, 0.5) is 0 Å². The molecule has 4 nitrogen and oxygen atoms in total. The Bertz CT molecular complexity index is 173. The standard InChI is InChI=1S/C5H10N4.C2H6/c1-5(2,3)4-6-8-9-7-4;1-2/h1-3H3,(H,6,7,8,9);1-2H3. The van der Waals surface area contributed by atoms with E-state index in [1.165, 1.54) is 0 Å². The van der Waals surface area contributed by atoms with Gasteiger partial charge in [-0.2, -0.15) is 5.21 Å². The molecule has 0 spiro atoms.